The van der Waals surface area contributed by atoms with E-state index in [1.165, 1.54) is 30.3 Å². The maximum absolute atomic E-state index is 4.68. The molecule has 23 heavy (non-hydrogen) atoms. The molecule has 120 valence electrons. The quantitative estimate of drug-likeness (QED) is 0.779. The molecular formula is C17H22N6. The van der Waals surface area contributed by atoms with Crippen LogP contribution in [0.2, 0.25) is 0 Å². The number of fused-ring (bicyclic) bond motifs is 1. The van der Waals surface area contributed by atoms with E-state index in [0.29, 0.717) is 0 Å². The first-order valence-corrected chi connectivity index (χ1v) is 8.21. The molecule has 0 radical (unpaired) electrons. The van der Waals surface area contributed by atoms with Gasteiger partial charge in [0.2, 0.25) is 0 Å². The third kappa shape index (κ3) is 2.65. The van der Waals surface area contributed by atoms with Gasteiger partial charge in [-0.15, -0.1) is 0 Å². The van der Waals surface area contributed by atoms with Crippen LogP contribution < -0.4 is 10.2 Å². The minimum atomic E-state index is 0.827. The van der Waals surface area contributed by atoms with Crippen LogP contribution in [0.15, 0.2) is 24.4 Å². The molecule has 3 aromatic heterocycles. The van der Waals surface area contributed by atoms with Gasteiger partial charge in [0.05, 0.1) is 5.69 Å². The zero-order valence-electron chi connectivity index (χ0n) is 13.6. The van der Waals surface area contributed by atoms with Crippen LogP contribution in [0.3, 0.4) is 0 Å². The number of piperidine rings is 1. The van der Waals surface area contributed by atoms with Crippen molar-refractivity contribution in [2.24, 2.45) is 7.05 Å². The maximum atomic E-state index is 4.68. The first-order chi connectivity index (χ1) is 11.2. The summed E-state index contributed by atoms with van der Waals surface area (Å²) in [4.78, 5) is 10.4. The Morgan fingerprint density at radius 2 is 1.96 bits per heavy atom. The molecule has 1 fully saturated rings. The Hall–Kier alpha value is -2.50. The van der Waals surface area contributed by atoms with Crippen molar-refractivity contribution in [1.29, 1.82) is 0 Å². The minimum absolute atomic E-state index is 0.827. The highest BCUT2D eigenvalue weighted by atomic mass is 15.3. The lowest BCUT2D eigenvalue weighted by atomic mass is 10.1. The van der Waals surface area contributed by atoms with Gasteiger partial charge in [0, 0.05) is 49.5 Å². The number of H-pyrrole nitrogens is 1. The Morgan fingerprint density at radius 3 is 2.70 bits per heavy atom. The first-order valence-electron chi connectivity index (χ1n) is 8.21. The molecule has 1 saturated heterocycles. The van der Waals surface area contributed by atoms with E-state index in [1.54, 1.807) is 0 Å². The molecule has 1 aliphatic heterocycles. The third-order valence-corrected chi connectivity index (χ3v) is 4.57. The summed E-state index contributed by atoms with van der Waals surface area (Å²) >= 11 is 0. The lowest BCUT2D eigenvalue weighted by molar-refractivity contribution is 0.579. The van der Waals surface area contributed by atoms with Crippen molar-refractivity contribution in [2.45, 2.75) is 26.2 Å². The Bertz CT molecular complexity index is 805. The summed E-state index contributed by atoms with van der Waals surface area (Å²) in [5, 5.41) is 8.98. The normalized spacial score (nSPS) is 15.3. The monoisotopic (exact) mass is 310 g/mol. The molecule has 0 unspecified atom stereocenters. The van der Waals surface area contributed by atoms with Crippen molar-refractivity contribution in [1.82, 2.24) is 19.7 Å². The zero-order chi connectivity index (χ0) is 15.8. The van der Waals surface area contributed by atoms with Crippen molar-refractivity contribution in [3.8, 4) is 0 Å². The Kier molecular flexibility index (Phi) is 3.44. The van der Waals surface area contributed by atoms with Crippen molar-refractivity contribution < 1.29 is 0 Å². The fourth-order valence-corrected chi connectivity index (χ4v) is 3.23. The molecule has 2 N–H and O–H groups in total. The van der Waals surface area contributed by atoms with Crippen LogP contribution in [-0.4, -0.2) is 32.8 Å². The Morgan fingerprint density at radius 1 is 1.13 bits per heavy atom. The van der Waals surface area contributed by atoms with Crippen molar-refractivity contribution in [3.63, 3.8) is 0 Å². The summed E-state index contributed by atoms with van der Waals surface area (Å²) < 4.78 is 1.86. The highest BCUT2D eigenvalue weighted by Gasteiger charge is 2.16. The number of aryl methyl sites for hydroxylation is 2. The van der Waals surface area contributed by atoms with Crippen LogP contribution in [0.4, 0.5) is 17.3 Å². The van der Waals surface area contributed by atoms with Crippen LogP contribution >= 0.6 is 0 Å². The van der Waals surface area contributed by atoms with Gasteiger partial charge in [-0.05, 0) is 32.3 Å². The number of anilines is 3. The Balaban J connectivity index is 1.72. The Labute approximate surface area is 135 Å². The predicted molar refractivity (Wildman–Crippen MR) is 93.4 cm³/mol. The number of nitrogens with zero attached hydrogens (tertiary/aromatic N) is 4. The molecule has 0 saturated carbocycles. The second kappa shape index (κ2) is 5.61. The predicted octanol–water partition coefficient (Wildman–Crippen LogP) is 3.34. The largest absolute Gasteiger partial charge is 0.371 e. The number of hydrogen-bond donors (Lipinski definition) is 2. The highest BCUT2D eigenvalue weighted by Crippen LogP contribution is 2.31. The number of aromatic amines is 1. The number of hydrogen-bond acceptors (Lipinski definition) is 4. The number of pyridine rings is 1. The average molecular weight is 310 g/mol. The molecule has 0 spiro atoms. The topological polar surface area (TPSA) is 61.8 Å². The molecule has 0 aliphatic carbocycles. The fraction of sp³-hybridized carbons (Fsp3) is 0.412. The average Bonchev–Trinajstić information content (AvgIpc) is 3.14. The SMILES string of the molecule is Cc1cc(Nc2cc(N3CCCCC3)c3cc[nH]c3n2)nn1C. The molecular weight excluding hydrogens is 288 g/mol. The number of rotatable bonds is 3. The highest BCUT2D eigenvalue weighted by molar-refractivity contribution is 5.92. The minimum Gasteiger partial charge on any atom is -0.371 e. The molecule has 0 aromatic carbocycles. The van der Waals surface area contributed by atoms with Gasteiger partial charge < -0.3 is 15.2 Å². The molecule has 4 rings (SSSR count). The summed E-state index contributed by atoms with van der Waals surface area (Å²) in [6.07, 6.45) is 5.81. The van der Waals surface area contributed by atoms with Gasteiger partial charge >= 0.3 is 0 Å². The van der Waals surface area contributed by atoms with E-state index in [4.69, 9.17) is 0 Å². The summed E-state index contributed by atoms with van der Waals surface area (Å²) in [5.74, 6) is 1.66. The molecule has 0 bridgehead atoms. The van der Waals surface area contributed by atoms with Gasteiger partial charge in [0.15, 0.2) is 5.82 Å². The van der Waals surface area contributed by atoms with Crippen LogP contribution in [0, 0.1) is 6.92 Å². The van der Waals surface area contributed by atoms with E-state index in [0.717, 1.165) is 36.1 Å². The fourth-order valence-electron chi connectivity index (χ4n) is 3.23. The standard InChI is InChI=1S/C17H22N6/c1-12-10-16(21-22(12)2)19-15-11-14(23-8-4-3-5-9-23)13-6-7-18-17(13)20-15/h6-7,10-11H,3-5,8-9H2,1-2H3,(H2,18,19,20,21). The summed E-state index contributed by atoms with van der Waals surface area (Å²) in [5.41, 5.74) is 3.29. The van der Waals surface area contributed by atoms with Crippen molar-refractivity contribution in [3.05, 3.63) is 30.1 Å². The van der Waals surface area contributed by atoms with E-state index < -0.39 is 0 Å². The first kappa shape index (κ1) is 14.1. The van der Waals surface area contributed by atoms with Crippen molar-refractivity contribution in [2.75, 3.05) is 23.3 Å². The van der Waals surface area contributed by atoms with E-state index >= 15 is 0 Å². The molecule has 1 aliphatic rings. The van der Waals surface area contributed by atoms with E-state index in [2.05, 4.69) is 37.4 Å². The van der Waals surface area contributed by atoms with E-state index in [-0.39, 0.29) is 0 Å². The molecule has 0 atom stereocenters. The number of nitrogens with one attached hydrogen (secondary N) is 2. The number of aromatic nitrogens is 4. The van der Waals surface area contributed by atoms with E-state index in [9.17, 15) is 0 Å². The smallest absolute Gasteiger partial charge is 0.153 e. The van der Waals surface area contributed by atoms with Gasteiger partial charge in [-0.1, -0.05) is 0 Å². The van der Waals surface area contributed by atoms with Gasteiger partial charge in [-0.25, -0.2) is 4.98 Å². The lowest BCUT2D eigenvalue weighted by Gasteiger charge is -2.29. The molecule has 6 nitrogen and oxygen atoms in total. The van der Waals surface area contributed by atoms with Crippen LogP contribution in [0.5, 0.6) is 0 Å². The van der Waals surface area contributed by atoms with E-state index in [1.807, 2.05) is 30.9 Å². The third-order valence-electron chi connectivity index (χ3n) is 4.57. The zero-order valence-corrected chi connectivity index (χ0v) is 13.6. The van der Waals surface area contributed by atoms with Crippen LogP contribution in [0.25, 0.3) is 11.0 Å². The van der Waals surface area contributed by atoms with Crippen molar-refractivity contribution >= 4 is 28.4 Å². The second-order valence-electron chi connectivity index (χ2n) is 6.23. The van der Waals surface area contributed by atoms with Gasteiger partial charge in [-0.2, -0.15) is 5.10 Å². The second-order valence-corrected chi connectivity index (χ2v) is 6.23. The molecule has 4 heterocycles. The summed E-state index contributed by atoms with van der Waals surface area (Å²) in [6, 6.07) is 6.29. The molecule has 0 amide bonds. The van der Waals surface area contributed by atoms with Gasteiger partial charge in [0.25, 0.3) is 0 Å². The van der Waals surface area contributed by atoms with Crippen LogP contribution in [-0.2, 0) is 7.05 Å². The summed E-state index contributed by atoms with van der Waals surface area (Å²) in [6.45, 7) is 4.28. The summed E-state index contributed by atoms with van der Waals surface area (Å²) in [7, 11) is 1.95. The van der Waals surface area contributed by atoms with Crippen LogP contribution in [0.1, 0.15) is 25.0 Å². The molecule has 6 heteroatoms. The van der Waals surface area contributed by atoms with Gasteiger partial charge in [0.1, 0.15) is 11.5 Å². The van der Waals surface area contributed by atoms with Gasteiger partial charge in [-0.3, -0.25) is 4.68 Å². The lowest BCUT2D eigenvalue weighted by Crippen LogP contribution is -2.29. The molecule has 3 aromatic rings. The maximum Gasteiger partial charge on any atom is 0.153 e.